The van der Waals surface area contributed by atoms with Crippen LogP contribution >= 0.6 is 0 Å². The standard InChI is InChI=1S/C13H23N3O3/c1-12(2)10-8(5-4-6-19-10)13(12,14)11(18)16-7-9(17)15-3/h8,10H,4-7,14H2,1-3H3,(H,15,17)(H,16,18). The molecule has 1 saturated carbocycles. The van der Waals surface area contributed by atoms with Crippen LogP contribution in [0.5, 0.6) is 0 Å². The number of amides is 2. The van der Waals surface area contributed by atoms with E-state index in [1.807, 2.05) is 13.8 Å². The van der Waals surface area contributed by atoms with Crippen LogP contribution in [0.2, 0.25) is 0 Å². The van der Waals surface area contributed by atoms with Crippen LogP contribution in [0.1, 0.15) is 26.7 Å². The topological polar surface area (TPSA) is 93.5 Å². The average Bonchev–Trinajstić information content (AvgIpc) is 2.43. The number of carbonyl (C=O) groups is 2. The molecule has 0 spiro atoms. The summed E-state index contributed by atoms with van der Waals surface area (Å²) in [5.41, 5.74) is 5.02. The second kappa shape index (κ2) is 4.76. The second-order valence-corrected chi connectivity index (χ2v) is 5.99. The van der Waals surface area contributed by atoms with Crippen molar-refractivity contribution in [2.45, 2.75) is 38.3 Å². The molecule has 0 aromatic rings. The lowest BCUT2D eigenvalue weighted by Gasteiger charge is -2.65. The molecule has 3 unspecified atom stereocenters. The Labute approximate surface area is 113 Å². The lowest BCUT2D eigenvalue weighted by Crippen LogP contribution is -2.82. The van der Waals surface area contributed by atoms with E-state index in [-0.39, 0.29) is 30.4 Å². The number of ether oxygens (including phenoxy) is 1. The molecule has 6 nitrogen and oxygen atoms in total. The van der Waals surface area contributed by atoms with Crippen LogP contribution in [0.4, 0.5) is 0 Å². The van der Waals surface area contributed by atoms with Crippen molar-refractivity contribution >= 4 is 11.8 Å². The van der Waals surface area contributed by atoms with E-state index in [1.54, 1.807) is 0 Å². The van der Waals surface area contributed by atoms with Crippen molar-refractivity contribution in [3.05, 3.63) is 0 Å². The zero-order valence-electron chi connectivity index (χ0n) is 11.8. The van der Waals surface area contributed by atoms with E-state index in [9.17, 15) is 9.59 Å². The summed E-state index contributed by atoms with van der Waals surface area (Å²) in [5.74, 6) is -0.445. The molecule has 1 aliphatic heterocycles. The second-order valence-electron chi connectivity index (χ2n) is 5.99. The van der Waals surface area contributed by atoms with Crippen molar-refractivity contribution < 1.29 is 14.3 Å². The van der Waals surface area contributed by atoms with E-state index >= 15 is 0 Å². The molecule has 1 aliphatic carbocycles. The highest BCUT2D eigenvalue weighted by Crippen LogP contribution is 2.57. The molecule has 19 heavy (non-hydrogen) atoms. The molecule has 2 aliphatic rings. The van der Waals surface area contributed by atoms with Crippen LogP contribution in [0.15, 0.2) is 0 Å². The van der Waals surface area contributed by atoms with Gasteiger partial charge in [-0.25, -0.2) is 0 Å². The minimum absolute atomic E-state index is 0.0389. The Morgan fingerprint density at radius 3 is 2.74 bits per heavy atom. The predicted molar refractivity (Wildman–Crippen MR) is 70.2 cm³/mol. The predicted octanol–water partition coefficient (Wildman–Crippen LogP) is -0.619. The highest BCUT2D eigenvalue weighted by Gasteiger charge is 2.70. The Bertz CT molecular complexity index is 397. The van der Waals surface area contributed by atoms with Crippen LogP contribution in [0.25, 0.3) is 0 Å². The first-order chi connectivity index (χ1) is 8.85. The quantitative estimate of drug-likeness (QED) is 0.636. The molecule has 0 radical (unpaired) electrons. The fourth-order valence-electron chi connectivity index (χ4n) is 3.43. The first kappa shape index (κ1) is 14.3. The first-order valence-corrected chi connectivity index (χ1v) is 6.75. The van der Waals surface area contributed by atoms with Gasteiger partial charge in [0.25, 0.3) is 0 Å². The van der Waals surface area contributed by atoms with Crippen molar-refractivity contribution in [1.29, 1.82) is 0 Å². The number of nitrogens with two attached hydrogens (primary N) is 1. The zero-order chi connectivity index (χ0) is 14.3. The molecule has 1 saturated heterocycles. The molecule has 2 amide bonds. The molecule has 4 N–H and O–H groups in total. The third-order valence-electron chi connectivity index (χ3n) is 4.75. The van der Waals surface area contributed by atoms with Gasteiger partial charge in [-0.15, -0.1) is 0 Å². The summed E-state index contributed by atoms with van der Waals surface area (Å²) in [5, 5.41) is 5.10. The maximum absolute atomic E-state index is 12.4. The Morgan fingerprint density at radius 1 is 1.42 bits per heavy atom. The van der Waals surface area contributed by atoms with Gasteiger partial charge in [0.1, 0.15) is 5.54 Å². The SMILES string of the molecule is CNC(=O)CNC(=O)C1(N)C2CCCOC2C1(C)C. The van der Waals surface area contributed by atoms with Gasteiger partial charge in [-0.1, -0.05) is 13.8 Å². The molecule has 2 fully saturated rings. The van der Waals surface area contributed by atoms with Gasteiger partial charge in [0.05, 0.1) is 12.6 Å². The molecule has 3 atom stereocenters. The van der Waals surface area contributed by atoms with Gasteiger partial charge in [-0.2, -0.15) is 0 Å². The summed E-state index contributed by atoms with van der Waals surface area (Å²) in [6.45, 7) is 4.61. The average molecular weight is 269 g/mol. The van der Waals surface area contributed by atoms with Crippen LogP contribution in [0, 0.1) is 11.3 Å². The van der Waals surface area contributed by atoms with Crippen molar-refractivity contribution in [3.8, 4) is 0 Å². The number of hydrogen-bond donors (Lipinski definition) is 3. The third-order valence-corrected chi connectivity index (χ3v) is 4.75. The van der Waals surface area contributed by atoms with E-state index in [0.717, 1.165) is 19.4 Å². The summed E-state index contributed by atoms with van der Waals surface area (Å²) in [6, 6.07) is 0. The fourth-order valence-corrected chi connectivity index (χ4v) is 3.43. The molecule has 0 aromatic carbocycles. The van der Waals surface area contributed by atoms with Gasteiger partial charge >= 0.3 is 0 Å². The highest BCUT2D eigenvalue weighted by molar-refractivity contribution is 5.92. The van der Waals surface area contributed by atoms with Crippen molar-refractivity contribution in [3.63, 3.8) is 0 Å². The first-order valence-electron chi connectivity index (χ1n) is 6.75. The lowest BCUT2D eigenvalue weighted by atomic mass is 9.46. The Kier molecular flexibility index (Phi) is 3.57. The van der Waals surface area contributed by atoms with Gasteiger partial charge < -0.3 is 21.1 Å². The molecule has 0 aromatic heterocycles. The van der Waals surface area contributed by atoms with Crippen molar-refractivity contribution in [1.82, 2.24) is 10.6 Å². The minimum atomic E-state index is -0.952. The van der Waals surface area contributed by atoms with E-state index < -0.39 is 11.0 Å². The van der Waals surface area contributed by atoms with Crippen LogP contribution in [0.3, 0.4) is 0 Å². The zero-order valence-corrected chi connectivity index (χ0v) is 11.8. The van der Waals surface area contributed by atoms with Crippen molar-refractivity contribution in [2.75, 3.05) is 20.2 Å². The number of carbonyl (C=O) groups excluding carboxylic acids is 2. The summed E-state index contributed by atoms with van der Waals surface area (Å²) >= 11 is 0. The number of fused-ring (bicyclic) bond motifs is 1. The Balaban J connectivity index is 2.08. The van der Waals surface area contributed by atoms with E-state index in [2.05, 4.69) is 10.6 Å². The van der Waals surface area contributed by atoms with Gasteiger partial charge in [0.15, 0.2) is 0 Å². The number of rotatable bonds is 3. The van der Waals surface area contributed by atoms with Crippen LogP contribution < -0.4 is 16.4 Å². The summed E-state index contributed by atoms with van der Waals surface area (Å²) in [4.78, 5) is 23.6. The molecule has 1 heterocycles. The van der Waals surface area contributed by atoms with Gasteiger partial charge in [0.2, 0.25) is 11.8 Å². The maximum Gasteiger partial charge on any atom is 0.241 e. The molecular formula is C13H23N3O3. The molecule has 108 valence electrons. The fraction of sp³-hybridized carbons (Fsp3) is 0.846. The van der Waals surface area contributed by atoms with Crippen molar-refractivity contribution in [2.24, 2.45) is 17.1 Å². The van der Waals surface area contributed by atoms with E-state index in [4.69, 9.17) is 10.5 Å². The smallest absolute Gasteiger partial charge is 0.241 e. The van der Waals surface area contributed by atoms with Gasteiger partial charge in [-0.3, -0.25) is 9.59 Å². The lowest BCUT2D eigenvalue weighted by molar-refractivity contribution is -0.225. The summed E-state index contributed by atoms with van der Waals surface area (Å²) < 4.78 is 5.75. The highest BCUT2D eigenvalue weighted by atomic mass is 16.5. The molecule has 6 heteroatoms. The van der Waals surface area contributed by atoms with Gasteiger partial charge in [0, 0.05) is 25.0 Å². The maximum atomic E-state index is 12.4. The van der Waals surface area contributed by atoms with E-state index in [1.165, 1.54) is 7.05 Å². The summed E-state index contributed by atoms with van der Waals surface area (Å²) in [7, 11) is 1.53. The Morgan fingerprint density at radius 2 is 2.11 bits per heavy atom. The Hall–Kier alpha value is -1.14. The normalized spacial score (nSPS) is 35.8. The number of hydrogen-bond acceptors (Lipinski definition) is 4. The van der Waals surface area contributed by atoms with Gasteiger partial charge in [-0.05, 0) is 12.8 Å². The monoisotopic (exact) mass is 269 g/mol. The van der Waals surface area contributed by atoms with E-state index in [0.29, 0.717) is 0 Å². The molecule has 2 rings (SSSR count). The number of nitrogens with one attached hydrogen (secondary N) is 2. The van der Waals surface area contributed by atoms with Crippen LogP contribution in [-0.4, -0.2) is 43.7 Å². The van der Waals surface area contributed by atoms with Crippen LogP contribution in [-0.2, 0) is 14.3 Å². The molecule has 0 bridgehead atoms. The number of likely N-dealkylation sites (N-methyl/N-ethyl adjacent to an activating group) is 1. The molecular weight excluding hydrogens is 246 g/mol. The summed E-state index contributed by atoms with van der Waals surface area (Å²) in [6.07, 6.45) is 1.87. The minimum Gasteiger partial charge on any atom is -0.377 e. The third kappa shape index (κ3) is 1.94. The largest absolute Gasteiger partial charge is 0.377 e.